The van der Waals surface area contributed by atoms with Crippen LogP contribution in [0.1, 0.15) is 11.1 Å². The molecule has 0 atom stereocenters. The molecule has 154 valence electrons. The van der Waals surface area contributed by atoms with Crippen LogP contribution in [-0.2, 0) is 6.54 Å². The van der Waals surface area contributed by atoms with Crippen molar-refractivity contribution in [1.29, 1.82) is 0 Å². The SMILES string of the molecule is O=C(NCc1ccc(-n2ccnc2)nc1)N1CCN(C/C=C/c2ccccc2)CC1. The highest BCUT2D eigenvalue weighted by molar-refractivity contribution is 5.74. The molecule has 0 aliphatic carbocycles. The second-order valence-corrected chi connectivity index (χ2v) is 7.25. The fourth-order valence-electron chi connectivity index (χ4n) is 3.39. The van der Waals surface area contributed by atoms with Crippen LogP contribution in [0.25, 0.3) is 11.9 Å². The molecule has 1 N–H and O–H groups in total. The van der Waals surface area contributed by atoms with Gasteiger partial charge in [0.25, 0.3) is 0 Å². The number of hydrogen-bond acceptors (Lipinski definition) is 4. The molecule has 30 heavy (non-hydrogen) atoms. The number of nitrogens with zero attached hydrogens (tertiary/aromatic N) is 5. The van der Waals surface area contributed by atoms with Crippen molar-refractivity contribution in [2.24, 2.45) is 0 Å². The number of benzene rings is 1. The van der Waals surface area contributed by atoms with E-state index in [-0.39, 0.29) is 6.03 Å². The summed E-state index contributed by atoms with van der Waals surface area (Å²) >= 11 is 0. The lowest BCUT2D eigenvalue weighted by Crippen LogP contribution is -2.51. The Morgan fingerprint density at radius 2 is 1.90 bits per heavy atom. The highest BCUT2D eigenvalue weighted by atomic mass is 16.2. The van der Waals surface area contributed by atoms with E-state index in [2.05, 4.69) is 44.5 Å². The Labute approximate surface area is 176 Å². The van der Waals surface area contributed by atoms with E-state index in [0.717, 1.165) is 44.1 Å². The Kier molecular flexibility index (Phi) is 6.51. The van der Waals surface area contributed by atoms with Crippen molar-refractivity contribution in [3.05, 3.63) is 84.6 Å². The van der Waals surface area contributed by atoms with E-state index in [4.69, 9.17) is 0 Å². The standard InChI is InChI=1S/C23H26N6O/c30-23(26-18-21-8-9-22(25-17-21)29-12-10-24-19-29)28-15-13-27(14-16-28)11-4-7-20-5-2-1-3-6-20/h1-10,12,17,19H,11,13-16,18H2,(H,26,30)/b7-4+. The first-order valence-electron chi connectivity index (χ1n) is 10.2. The van der Waals surface area contributed by atoms with Crippen molar-refractivity contribution in [1.82, 2.24) is 29.7 Å². The van der Waals surface area contributed by atoms with E-state index in [1.165, 1.54) is 5.56 Å². The molecule has 1 saturated heterocycles. The molecule has 0 unspecified atom stereocenters. The van der Waals surface area contributed by atoms with Gasteiger partial charge >= 0.3 is 6.03 Å². The molecule has 2 aromatic heterocycles. The normalized spacial score (nSPS) is 14.9. The highest BCUT2D eigenvalue weighted by Gasteiger charge is 2.20. The first-order chi connectivity index (χ1) is 14.8. The number of hydrogen-bond donors (Lipinski definition) is 1. The predicted octanol–water partition coefficient (Wildman–Crippen LogP) is 2.81. The summed E-state index contributed by atoms with van der Waals surface area (Å²) in [5, 5.41) is 3.00. The molecule has 1 aliphatic rings. The molecule has 0 saturated carbocycles. The lowest BCUT2D eigenvalue weighted by Gasteiger charge is -2.34. The van der Waals surface area contributed by atoms with Crippen molar-refractivity contribution in [3.8, 4) is 5.82 Å². The average Bonchev–Trinajstić information content (AvgIpc) is 3.34. The minimum Gasteiger partial charge on any atom is -0.334 e. The van der Waals surface area contributed by atoms with Crippen LogP contribution < -0.4 is 5.32 Å². The molecular formula is C23H26N6O. The number of urea groups is 1. The Hall–Kier alpha value is -3.45. The Balaban J connectivity index is 1.18. The minimum absolute atomic E-state index is 0.0202. The summed E-state index contributed by atoms with van der Waals surface area (Å²) in [6.45, 7) is 4.61. The zero-order valence-electron chi connectivity index (χ0n) is 16.9. The van der Waals surface area contributed by atoms with E-state index in [1.54, 1.807) is 18.7 Å². The van der Waals surface area contributed by atoms with E-state index in [0.29, 0.717) is 6.54 Å². The van der Waals surface area contributed by atoms with E-state index in [1.807, 2.05) is 46.0 Å². The summed E-state index contributed by atoms with van der Waals surface area (Å²) in [7, 11) is 0. The first-order valence-corrected chi connectivity index (χ1v) is 10.2. The maximum absolute atomic E-state index is 12.5. The van der Waals surface area contributed by atoms with Gasteiger partial charge in [0.1, 0.15) is 12.1 Å². The summed E-state index contributed by atoms with van der Waals surface area (Å²) in [5.74, 6) is 0.806. The maximum Gasteiger partial charge on any atom is 0.317 e. The topological polar surface area (TPSA) is 66.3 Å². The van der Waals surface area contributed by atoms with Gasteiger partial charge in [-0.1, -0.05) is 48.6 Å². The fraction of sp³-hybridized carbons (Fsp3) is 0.261. The fourth-order valence-corrected chi connectivity index (χ4v) is 3.39. The van der Waals surface area contributed by atoms with Gasteiger partial charge in [0, 0.05) is 57.9 Å². The monoisotopic (exact) mass is 402 g/mol. The molecule has 1 fully saturated rings. The number of imidazole rings is 1. The van der Waals surface area contributed by atoms with Crippen molar-refractivity contribution in [3.63, 3.8) is 0 Å². The van der Waals surface area contributed by atoms with Gasteiger partial charge in [-0.15, -0.1) is 0 Å². The third-order valence-corrected chi connectivity index (χ3v) is 5.15. The number of pyridine rings is 1. The highest BCUT2D eigenvalue weighted by Crippen LogP contribution is 2.07. The van der Waals surface area contributed by atoms with Gasteiger partial charge in [-0.2, -0.15) is 0 Å². The molecule has 0 spiro atoms. The zero-order valence-corrected chi connectivity index (χ0v) is 16.9. The van der Waals surface area contributed by atoms with Gasteiger partial charge in [0.15, 0.2) is 0 Å². The van der Waals surface area contributed by atoms with E-state index in [9.17, 15) is 4.79 Å². The van der Waals surface area contributed by atoms with Gasteiger partial charge in [0.05, 0.1) is 0 Å². The summed E-state index contributed by atoms with van der Waals surface area (Å²) in [5.41, 5.74) is 2.18. The molecule has 3 aromatic rings. The number of amides is 2. The summed E-state index contributed by atoms with van der Waals surface area (Å²) < 4.78 is 1.84. The maximum atomic E-state index is 12.5. The quantitative estimate of drug-likeness (QED) is 0.689. The van der Waals surface area contributed by atoms with Crippen LogP contribution in [0.5, 0.6) is 0 Å². The van der Waals surface area contributed by atoms with Crippen molar-refractivity contribution in [2.45, 2.75) is 6.54 Å². The van der Waals surface area contributed by atoms with Crippen molar-refractivity contribution < 1.29 is 4.79 Å². The lowest BCUT2D eigenvalue weighted by molar-refractivity contribution is 0.146. The number of nitrogens with one attached hydrogen (secondary N) is 1. The van der Waals surface area contributed by atoms with Gasteiger partial charge in [-0.25, -0.2) is 14.8 Å². The van der Waals surface area contributed by atoms with E-state index >= 15 is 0 Å². The molecular weight excluding hydrogens is 376 g/mol. The lowest BCUT2D eigenvalue weighted by atomic mass is 10.2. The minimum atomic E-state index is -0.0202. The molecule has 0 radical (unpaired) electrons. The summed E-state index contributed by atoms with van der Waals surface area (Å²) in [6, 6.07) is 14.2. The van der Waals surface area contributed by atoms with Crippen molar-refractivity contribution in [2.75, 3.05) is 32.7 Å². The number of rotatable bonds is 6. The molecule has 4 rings (SSSR count). The average molecular weight is 403 g/mol. The van der Waals surface area contributed by atoms with Gasteiger partial charge in [-0.3, -0.25) is 9.47 Å². The number of piperazine rings is 1. The third-order valence-electron chi connectivity index (χ3n) is 5.15. The van der Waals surface area contributed by atoms with Gasteiger partial charge in [0.2, 0.25) is 0 Å². The Morgan fingerprint density at radius 1 is 1.07 bits per heavy atom. The van der Waals surface area contributed by atoms with Crippen LogP contribution in [-0.4, -0.2) is 63.1 Å². The number of aromatic nitrogens is 3. The largest absolute Gasteiger partial charge is 0.334 e. The van der Waals surface area contributed by atoms with Crippen LogP contribution in [0.4, 0.5) is 4.79 Å². The molecule has 3 heterocycles. The molecule has 0 bridgehead atoms. The molecule has 7 nitrogen and oxygen atoms in total. The smallest absolute Gasteiger partial charge is 0.317 e. The molecule has 1 aliphatic heterocycles. The molecule has 1 aromatic carbocycles. The summed E-state index contributed by atoms with van der Waals surface area (Å²) in [6.07, 6.45) is 11.4. The molecule has 7 heteroatoms. The number of carbonyl (C=O) groups is 1. The number of carbonyl (C=O) groups excluding carboxylic acids is 1. The van der Waals surface area contributed by atoms with Crippen LogP contribution >= 0.6 is 0 Å². The van der Waals surface area contributed by atoms with E-state index < -0.39 is 0 Å². The zero-order chi connectivity index (χ0) is 20.6. The van der Waals surface area contributed by atoms with Gasteiger partial charge < -0.3 is 10.2 Å². The van der Waals surface area contributed by atoms with Crippen LogP contribution in [0, 0.1) is 0 Å². The Bertz CT molecular complexity index is 945. The van der Waals surface area contributed by atoms with Crippen LogP contribution in [0.3, 0.4) is 0 Å². The van der Waals surface area contributed by atoms with Crippen molar-refractivity contribution >= 4 is 12.1 Å². The first kappa shape index (κ1) is 19.8. The van der Waals surface area contributed by atoms with Crippen LogP contribution in [0.2, 0.25) is 0 Å². The Morgan fingerprint density at radius 3 is 2.60 bits per heavy atom. The third kappa shape index (κ3) is 5.33. The molecule has 2 amide bonds. The predicted molar refractivity (Wildman–Crippen MR) is 117 cm³/mol. The van der Waals surface area contributed by atoms with Gasteiger partial charge in [-0.05, 0) is 17.2 Å². The van der Waals surface area contributed by atoms with Crippen LogP contribution in [0.15, 0.2) is 73.5 Å². The summed E-state index contributed by atoms with van der Waals surface area (Å²) in [4.78, 5) is 25.2. The second-order valence-electron chi connectivity index (χ2n) is 7.25. The second kappa shape index (κ2) is 9.84.